The third-order valence-corrected chi connectivity index (χ3v) is 3.30. The van der Waals surface area contributed by atoms with E-state index in [9.17, 15) is 9.59 Å². The molecule has 3 N–H and O–H groups in total. The lowest BCUT2D eigenvalue weighted by atomic mass is 10.1. The van der Waals surface area contributed by atoms with Gasteiger partial charge in [0.25, 0.3) is 0 Å². The van der Waals surface area contributed by atoms with Crippen molar-refractivity contribution in [3.05, 3.63) is 24.2 Å². The van der Waals surface area contributed by atoms with E-state index in [0.717, 1.165) is 18.6 Å². The number of aliphatic carboxylic acids is 1. The van der Waals surface area contributed by atoms with Crippen molar-refractivity contribution in [1.29, 1.82) is 0 Å². The predicted molar refractivity (Wildman–Crippen MR) is 79.1 cm³/mol. The fraction of sp³-hybridized carbons (Fsp3) is 0.600. The molecule has 6 nitrogen and oxygen atoms in total. The Hall–Kier alpha value is -1.98. The summed E-state index contributed by atoms with van der Waals surface area (Å²) in [6.45, 7) is 4.09. The van der Waals surface area contributed by atoms with Gasteiger partial charge in [-0.25, -0.2) is 4.79 Å². The third-order valence-electron chi connectivity index (χ3n) is 3.30. The molecule has 1 aromatic rings. The number of rotatable bonds is 9. The van der Waals surface area contributed by atoms with Gasteiger partial charge in [-0.1, -0.05) is 6.92 Å². The van der Waals surface area contributed by atoms with Crippen molar-refractivity contribution in [2.75, 3.05) is 6.54 Å². The Bertz CT molecular complexity index is 431. The van der Waals surface area contributed by atoms with Crippen molar-refractivity contribution in [2.45, 2.75) is 45.6 Å². The number of carbonyl (C=O) groups is 2. The molecule has 0 aromatic carbocycles. The van der Waals surface area contributed by atoms with Gasteiger partial charge >= 0.3 is 12.0 Å². The fourth-order valence-electron chi connectivity index (χ4n) is 1.89. The quantitative estimate of drug-likeness (QED) is 0.610. The van der Waals surface area contributed by atoms with Crippen LogP contribution in [0.4, 0.5) is 4.79 Å². The lowest BCUT2D eigenvalue weighted by Crippen LogP contribution is -2.41. The van der Waals surface area contributed by atoms with Gasteiger partial charge in [-0.3, -0.25) is 4.79 Å². The number of carboxylic acids is 1. The molecule has 2 amide bonds. The zero-order valence-electron chi connectivity index (χ0n) is 12.6. The van der Waals surface area contributed by atoms with E-state index in [4.69, 9.17) is 9.52 Å². The highest BCUT2D eigenvalue weighted by Crippen LogP contribution is 2.06. The van der Waals surface area contributed by atoms with Gasteiger partial charge in [-0.2, -0.15) is 0 Å². The molecule has 118 valence electrons. The second-order valence-corrected chi connectivity index (χ2v) is 5.30. The summed E-state index contributed by atoms with van der Waals surface area (Å²) in [5.41, 5.74) is 0. The van der Waals surface area contributed by atoms with Crippen LogP contribution < -0.4 is 10.6 Å². The van der Waals surface area contributed by atoms with Crippen LogP contribution in [0.2, 0.25) is 0 Å². The van der Waals surface area contributed by atoms with Crippen molar-refractivity contribution >= 4 is 12.0 Å². The van der Waals surface area contributed by atoms with E-state index >= 15 is 0 Å². The van der Waals surface area contributed by atoms with Crippen LogP contribution in [0.1, 0.15) is 38.9 Å². The second kappa shape index (κ2) is 9.05. The predicted octanol–water partition coefficient (Wildman–Crippen LogP) is 2.40. The number of hydrogen-bond donors (Lipinski definition) is 3. The molecule has 0 bridgehead atoms. The highest BCUT2D eigenvalue weighted by Gasteiger charge is 2.11. The average Bonchev–Trinajstić information content (AvgIpc) is 2.94. The molecule has 6 heteroatoms. The summed E-state index contributed by atoms with van der Waals surface area (Å²) in [4.78, 5) is 22.3. The van der Waals surface area contributed by atoms with Crippen LogP contribution in [-0.2, 0) is 11.2 Å². The van der Waals surface area contributed by atoms with E-state index < -0.39 is 5.97 Å². The standard InChI is InChI=1S/C15H24N2O4/c1-11(14(18)19)5-3-9-16-15(20)17-12(2)7-8-13-6-4-10-21-13/h4,6,10-12H,3,5,7-9H2,1-2H3,(H,18,19)(H2,16,17,20). The number of aryl methyl sites for hydroxylation is 1. The van der Waals surface area contributed by atoms with E-state index in [-0.39, 0.29) is 18.0 Å². The minimum absolute atomic E-state index is 0.0491. The highest BCUT2D eigenvalue weighted by molar-refractivity contribution is 5.74. The lowest BCUT2D eigenvalue weighted by molar-refractivity contribution is -0.141. The summed E-state index contributed by atoms with van der Waals surface area (Å²) in [7, 11) is 0. The molecule has 0 aliphatic rings. The molecular formula is C15H24N2O4. The van der Waals surface area contributed by atoms with Crippen molar-refractivity contribution in [3.63, 3.8) is 0 Å². The maximum atomic E-state index is 11.6. The van der Waals surface area contributed by atoms with Crippen molar-refractivity contribution < 1.29 is 19.1 Å². The summed E-state index contributed by atoms with van der Waals surface area (Å²) < 4.78 is 5.23. The van der Waals surface area contributed by atoms with E-state index in [1.165, 1.54) is 0 Å². The lowest BCUT2D eigenvalue weighted by Gasteiger charge is -2.14. The van der Waals surface area contributed by atoms with Gasteiger partial charge in [-0.05, 0) is 38.3 Å². The van der Waals surface area contributed by atoms with Crippen molar-refractivity contribution in [2.24, 2.45) is 5.92 Å². The van der Waals surface area contributed by atoms with Crippen molar-refractivity contribution in [1.82, 2.24) is 10.6 Å². The highest BCUT2D eigenvalue weighted by atomic mass is 16.4. The van der Waals surface area contributed by atoms with Crippen LogP contribution >= 0.6 is 0 Å². The first-order valence-electron chi connectivity index (χ1n) is 7.28. The Morgan fingerprint density at radius 3 is 2.71 bits per heavy atom. The minimum atomic E-state index is -0.800. The molecular weight excluding hydrogens is 272 g/mol. The molecule has 1 rings (SSSR count). The van der Waals surface area contributed by atoms with E-state index in [1.807, 2.05) is 19.1 Å². The minimum Gasteiger partial charge on any atom is -0.481 e. The van der Waals surface area contributed by atoms with Gasteiger partial charge < -0.3 is 20.2 Å². The third kappa shape index (κ3) is 7.39. The maximum Gasteiger partial charge on any atom is 0.314 e. The van der Waals surface area contributed by atoms with Gasteiger partial charge in [0, 0.05) is 19.0 Å². The number of nitrogens with one attached hydrogen (secondary N) is 2. The van der Waals surface area contributed by atoms with E-state index in [2.05, 4.69) is 10.6 Å². The molecule has 0 fully saturated rings. The van der Waals surface area contributed by atoms with Crippen LogP contribution in [0.5, 0.6) is 0 Å². The number of carboxylic acid groups (broad SMARTS) is 1. The number of hydrogen-bond acceptors (Lipinski definition) is 3. The molecule has 1 aromatic heterocycles. The van der Waals surface area contributed by atoms with Crippen LogP contribution in [0.25, 0.3) is 0 Å². The van der Waals surface area contributed by atoms with E-state index in [1.54, 1.807) is 13.2 Å². The molecule has 2 unspecified atom stereocenters. The molecule has 0 spiro atoms. The Labute approximate surface area is 124 Å². The van der Waals surface area contributed by atoms with Crippen LogP contribution in [0.15, 0.2) is 22.8 Å². The summed E-state index contributed by atoms with van der Waals surface area (Å²) in [5, 5.41) is 14.3. The first-order valence-corrected chi connectivity index (χ1v) is 7.28. The zero-order valence-corrected chi connectivity index (χ0v) is 12.6. The number of carbonyl (C=O) groups excluding carboxylic acids is 1. The summed E-state index contributed by atoms with van der Waals surface area (Å²) in [6.07, 6.45) is 4.44. The molecule has 0 radical (unpaired) electrons. The molecule has 0 aliphatic heterocycles. The Kier molecular flexibility index (Phi) is 7.36. The van der Waals surface area contributed by atoms with Crippen LogP contribution in [0, 0.1) is 5.92 Å². The van der Waals surface area contributed by atoms with Crippen LogP contribution in [0.3, 0.4) is 0 Å². The van der Waals surface area contributed by atoms with Gasteiger partial charge in [-0.15, -0.1) is 0 Å². The number of urea groups is 1. The van der Waals surface area contributed by atoms with Crippen LogP contribution in [-0.4, -0.2) is 29.7 Å². The van der Waals surface area contributed by atoms with Gasteiger partial charge in [0.15, 0.2) is 0 Å². The number of amides is 2. The maximum absolute atomic E-state index is 11.6. The molecule has 1 heterocycles. The molecule has 0 aliphatic carbocycles. The van der Waals surface area contributed by atoms with Crippen molar-refractivity contribution in [3.8, 4) is 0 Å². The summed E-state index contributed by atoms with van der Waals surface area (Å²) >= 11 is 0. The molecule has 21 heavy (non-hydrogen) atoms. The molecule has 2 atom stereocenters. The second-order valence-electron chi connectivity index (χ2n) is 5.30. The van der Waals surface area contributed by atoms with Gasteiger partial charge in [0.1, 0.15) is 5.76 Å². The zero-order chi connectivity index (χ0) is 15.7. The molecule has 0 saturated carbocycles. The Morgan fingerprint density at radius 2 is 2.10 bits per heavy atom. The smallest absolute Gasteiger partial charge is 0.314 e. The largest absolute Gasteiger partial charge is 0.481 e. The monoisotopic (exact) mass is 296 g/mol. The summed E-state index contributed by atoms with van der Waals surface area (Å²) in [6, 6.07) is 3.59. The topological polar surface area (TPSA) is 91.6 Å². The van der Waals surface area contributed by atoms with Gasteiger partial charge in [0.2, 0.25) is 0 Å². The fourth-order valence-corrected chi connectivity index (χ4v) is 1.89. The van der Waals surface area contributed by atoms with Gasteiger partial charge in [0.05, 0.1) is 12.2 Å². The number of furan rings is 1. The Balaban J connectivity index is 2.08. The normalized spacial score (nSPS) is 13.4. The summed E-state index contributed by atoms with van der Waals surface area (Å²) in [5.74, 6) is -0.264. The average molecular weight is 296 g/mol. The first kappa shape index (κ1) is 17.1. The SMILES string of the molecule is CC(CCc1ccco1)NC(=O)NCCCC(C)C(=O)O. The Morgan fingerprint density at radius 1 is 1.33 bits per heavy atom. The molecule has 0 saturated heterocycles. The first-order chi connectivity index (χ1) is 9.99. The van der Waals surface area contributed by atoms with E-state index in [0.29, 0.717) is 19.4 Å².